The van der Waals surface area contributed by atoms with E-state index in [1.54, 1.807) is 12.3 Å². The number of piperidine rings is 1. The summed E-state index contributed by atoms with van der Waals surface area (Å²) >= 11 is 0. The predicted octanol–water partition coefficient (Wildman–Crippen LogP) is 1.91. The molecule has 0 saturated carbocycles. The second kappa shape index (κ2) is 7.83. The van der Waals surface area contributed by atoms with E-state index in [1.807, 2.05) is 0 Å². The van der Waals surface area contributed by atoms with Crippen LogP contribution in [0.25, 0.3) is 0 Å². The van der Waals surface area contributed by atoms with Crippen molar-refractivity contribution in [1.29, 1.82) is 0 Å². The van der Waals surface area contributed by atoms with E-state index in [2.05, 4.69) is 50.5 Å². The zero-order valence-corrected chi connectivity index (χ0v) is 13.2. The van der Waals surface area contributed by atoms with E-state index in [-0.39, 0.29) is 11.9 Å². The minimum Gasteiger partial charge on any atom is -0.348 e. The van der Waals surface area contributed by atoms with E-state index in [9.17, 15) is 4.79 Å². The van der Waals surface area contributed by atoms with Crippen molar-refractivity contribution in [1.82, 2.24) is 20.2 Å². The molecule has 5 nitrogen and oxygen atoms in total. The van der Waals surface area contributed by atoms with Crippen LogP contribution in [0.15, 0.2) is 48.9 Å². The predicted molar refractivity (Wildman–Crippen MR) is 89.1 cm³/mol. The zero-order valence-electron chi connectivity index (χ0n) is 13.2. The van der Waals surface area contributed by atoms with E-state index in [0.29, 0.717) is 5.69 Å². The molecule has 1 aliphatic rings. The van der Waals surface area contributed by atoms with Crippen LogP contribution in [-0.2, 0) is 6.42 Å². The Balaban J connectivity index is 1.41. The molecule has 0 unspecified atom stereocenters. The molecular formula is C18H22N4O. The number of hydrogen-bond donors (Lipinski definition) is 1. The minimum absolute atomic E-state index is 0.102. The minimum atomic E-state index is -0.102. The largest absolute Gasteiger partial charge is 0.348 e. The Morgan fingerprint density at radius 3 is 2.65 bits per heavy atom. The van der Waals surface area contributed by atoms with Gasteiger partial charge in [0.15, 0.2) is 0 Å². The highest BCUT2D eigenvalue weighted by Crippen LogP contribution is 2.12. The fourth-order valence-corrected chi connectivity index (χ4v) is 2.92. The van der Waals surface area contributed by atoms with Crippen LogP contribution in [0.1, 0.15) is 28.9 Å². The topological polar surface area (TPSA) is 58.1 Å². The molecule has 0 atom stereocenters. The number of benzene rings is 1. The van der Waals surface area contributed by atoms with Gasteiger partial charge in [0.2, 0.25) is 0 Å². The van der Waals surface area contributed by atoms with Crippen molar-refractivity contribution in [2.24, 2.45) is 0 Å². The molecule has 0 aliphatic carbocycles. The molecule has 1 N–H and O–H groups in total. The van der Waals surface area contributed by atoms with Gasteiger partial charge in [0.25, 0.3) is 5.91 Å². The number of likely N-dealkylation sites (tertiary alicyclic amines) is 1. The number of nitrogens with one attached hydrogen (secondary N) is 1. The number of carbonyl (C=O) groups excluding carboxylic acids is 1. The van der Waals surface area contributed by atoms with Crippen LogP contribution in [0, 0.1) is 0 Å². The highest BCUT2D eigenvalue weighted by Gasteiger charge is 2.21. The Labute approximate surface area is 136 Å². The Hall–Kier alpha value is -2.27. The van der Waals surface area contributed by atoms with Gasteiger partial charge in [-0.3, -0.25) is 4.79 Å². The SMILES string of the molecule is O=C(NC1CCN(CCc2ccccc2)CC1)c1ccncn1. The Kier molecular flexibility index (Phi) is 5.32. The first-order valence-electron chi connectivity index (χ1n) is 8.14. The van der Waals surface area contributed by atoms with Crippen molar-refractivity contribution in [3.05, 3.63) is 60.2 Å². The molecular weight excluding hydrogens is 288 g/mol. The van der Waals surface area contributed by atoms with E-state index in [1.165, 1.54) is 11.9 Å². The first kappa shape index (κ1) is 15.6. The van der Waals surface area contributed by atoms with Gasteiger partial charge in [0.1, 0.15) is 12.0 Å². The van der Waals surface area contributed by atoms with Gasteiger partial charge >= 0.3 is 0 Å². The molecule has 2 aromatic rings. The lowest BCUT2D eigenvalue weighted by Gasteiger charge is -2.32. The maximum Gasteiger partial charge on any atom is 0.270 e. The first-order chi connectivity index (χ1) is 11.3. The average molecular weight is 310 g/mol. The quantitative estimate of drug-likeness (QED) is 0.916. The standard InChI is InChI=1S/C18H22N4O/c23-18(17-6-10-19-14-20-17)21-16-8-12-22(13-9-16)11-7-15-4-2-1-3-5-15/h1-6,10,14,16H,7-9,11-13H2,(H,21,23). The molecule has 5 heteroatoms. The molecule has 1 aromatic heterocycles. The molecule has 0 spiro atoms. The molecule has 2 heterocycles. The number of nitrogens with zero attached hydrogens (tertiary/aromatic N) is 3. The molecule has 23 heavy (non-hydrogen) atoms. The molecule has 1 saturated heterocycles. The summed E-state index contributed by atoms with van der Waals surface area (Å²) in [6.45, 7) is 3.14. The van der Waals surface area contributed by atoms with Crippen molar-refractivity contribution >= 4 is 5.91 Å². The third kappa shape index (κ3) is 4.60. The van der Waals surface area contributed by atoms with Gasteiger partial charge in [-0.2, -0.15) is 0 Å². The van der Waals surface area contributed by atoms with Crippen molar-refractivity contribution < 1.29 is 4.79 Å². The lowest BCUT2D eigenvalue weighted by Crippen LogP contribution is -2.45. The lowest BCUT2D eigenvalue weighted by molar-refractivity contribution is 0.0906. The zero-order chi connectivity index (χ0) is 15.9. The third-order valence-corrected chi connectivity index (χ3v) is 4.30. The van der Waals surface area contributed by atoms with E-state index < -0.39 is 0 Å². The van der Waals surface area contributed by atoms with Crippen molar-refractivity contribution in [3.8, 4) is 0 Å². The monoisotopic (exact) mass is 310 g/mol. The van der Waals surface area contributed by atoms with Crippen LogP contribution in [0.3, 0.4) is 0 Å². The van der Waals surface area contributed by atoms with Gasteiger partial charge in [-0.15, -0.1) is 0 Å². The highest BCUT2D eigenvalue weighted by atomic mass is 16.1. The molecule has 1 aromatic carbocycles. The molecule has 0 bridgehead atoms. The summed E-state index contributed by atoms with van der Waals surface area (Å²) in [6.07, 6.45) is 6.06. The normalized spacial score (nSPS) is 16.2. The fraction of sp³-hybridized carbons (Fsp3) is 0.389. The van der Waals surface area contributed by atoms with Crippen LogP contribution >= 0.6 is 0 Å². The Bertz CT molecular complexity index is 609. The number of rotatable bonds is 5. The summed E-state index contributed by atoms with van der Waals surface area (Å²) in [4.78, 5) is 22.4. The van der Waals surface area contributed by atoms with Gasteiger partial charge in [0.05, 0.1) is 0 Å². The van der Waals surface area contributed by atoms with Crippen molar-refractivity contribution in [2.45, 2.75) is 25.3 Å². The highest BCUT2D eigenvalue weighted by molar-refractivity contribution is 5.92. The summed E-state index contributed by atoms with van der Waals surface area (Å²) in [5.74, 6) is -0.102. The van der Waals surface area contributed by atoms with E-state index in [0.717, 1.165) is 38.9 Å². The van der Waals surface area contributed by atoms with Gasteiger partial charge < -0.3 is 10.2 Å². The fourth-order valence-electron chi connectivity index (χ4n) is 2.92. The van der Waals surface area contributed by atoms with Crippen LogP contribution in [0.5, 0.6) is 0 Å². The third-order valence-electron chi connectivity index (χ3n) is 4.30. The molecule has 0 radical (unpaired) electrons. The number of amides is 1. The molecule has 120 valence electrons. The van der Waals surface area contributed by atoms with Crippen molar-refractivity contribution in [3.63, 3.8) is 0 Å². The van der Waals surface area contributed by atoms with Crippen LogP contribution in [-0.4, -0.2) is 46.5 Å². The summed E-state index contributed by atoms with van der Waals surface area (Å²) in [5.41, 5.74) is 1.82. The smallest absolute Gasteiger partial charge is 0.270 e. The average Bonchev–Trinajstić information content (AvgIpc) is 2.63. The number of carbonyl (C=O) groups is 1. The summed E-state index contributed by atoms with van der Waals surface area (Å²) in [6, 6.07) is 12.5. The maximum atomic E-state index is 12.1. The maximum absolute atomic E-state index is 12.1. The molecule has 1 amide bonds. The van der Waals surface area contributed by atoms with E-state index >= 15 is 0 Å². The summed E-state index contributed by atoms with van der Waals surface area (Å²) < 4.78 is 0. The molecule has 1 aliphatic heterocycles. The van der Waals surface area contributed by atoms with Crippen LogP contribution in [0.4, 0.5) is 0 Å². The van der Waals surface area contributed by atoms with Crippen molar-refractivity contribution in [2.75, 3.05) is 19.6 Å². The lowest BCUT2D eigenvalue weighted by atomic mass is 10.0. The Morgan fingerprint density at radius 2 is 1.96 bits per heavy atom. The summed E-state index contributed by atoms with van der Waals surface area (Å²) in [7, 11) is 0. The summed E-state index contributed by atoms with van der Waals surface area (Å²) in [5, 5.41) is 3.07. The van der Waals surface area contributed by atoms with Gasteiger partial charge in [-0.1, -0.05) is 30.3 Å². The van der Waals surface area contributed by atoms with E-state index in [4.69, 9.17) is 0 Å². The van der Waals surface area contributed by atoms with Crippen LogP contribution in [0.2, 0.25) is 0 Å². The second-order valence-corrected chi connectivity index (χ2v) is 5.92. The first-order valence-corrected chi connectivity index (χ1v) is 8.14. The van der Waals surface area contributed by atoms with Gasteiger partial charge in [-0.25, -0.2) is 9.97 Å². The van der Waals surface area contributed by atoms with Gasteiger partial charge in [0, 0.05) is 31.9 Å². The Morgan fingerprint density at radius 1 is 1.17 bits per heavy atom. The second-order valence-electron chi connectivity index (χ2n) is 5.92. The molecule has 1 fully saturated rings. The number of hydrogen-bond acceptors (Lipinski definition) is 4. The van der Waals surface area contributed by atoms with Gasteiger partial charge in [-0.05, 0) is 30.9 Å². The molecule has 3 rings (SSSR count). The van der Waals surface area contributed by atoms with Crippen LogP contribution < -0.4 is 5.32 Å². The number of aromatic nitrogens is 2.